The monoisotopic (exact) mass is 139 g/mol. The Kier molecular flexibility index (Phi) is 2.63. The van der Waals surface area contributed by atoms with Crippen molar-refractivity contribution in [1.82, 2.24) is 0 Å². The fourth-order valence-corrected chi connectivity index (χ4v) is 0.583. The molecule has 0 aliphatic carbocycles. The molecule has 3 N–H and O–H groups in total. The predicted octanol–water partition coefficient (Wildman–Crippen LogP) is -0.293. The van der Waals surface area contributed by atoms with Gasteiger partial charge in [0.15, 0.2) is 5.85 Å². The van der Waals surface area contributed by atoms with Crippen LogP contribution in [0.2, 0.25) is 0 Å². The minimum Gasteiger partial charge on any atom is -0.380 e. The second kappa shape index (κ2) is 2.60. The molecule has 0 amide bonds. The normalized spacial score (nSPS) is 16.0. The summed E-state index contributed by atoms with van der Waals surface area (Å²) >= 11 is 0. The van der Waals surface area contributed by atoms with Gasteiger partial charge in [0.25, 0.3) is 0 Å². The van der Waals surface area contributed by atoms with Crippen molar-refractivity contribution in [2.75, 3.05) is 0 Å². The van der Waals surface area contributed by atoms with Crippen LogP contribution in [0.1, 0.15) is 6.92 Å². The van der Waals surface area contributed by atoms with Crippen molar-refractivity contribution < 1.29 is 19.5 Å². The minimum atomic E-state index is -4.26. The van der Waals surface area contributed by atoms with Gasteiger partial charge in [-0.25, -0.2) is 0 Å². The molecule has 0 bridgehead atoms. The maximum absolute atomic E-state index is 9.98. The molecule has 0 aromatic rings. The van der Waals surface area contributed by atoms with E-state index in [-0.39, 0.29) is 0 Å². The van der Waals surface area contributed by atoms with E-state index in [4.69, 9.17) is 14.9 Å². The van der Waals surface area contributed by atoms with Crippen LogP contribution in [0.5, 0.6) is 0 Å². The third-order valence-electron chi connectivity index (χ3n) is 0.643. The van der Waals surface area contributed by atoms with E-state index in [1.165, 1.54) is 6.92 Å². The molecule has 8 heavy (non-hydrogen) atoms. The smallest absolute Gasteiger partial charge is 0.354 e. The fourth-order valence-electron chi connectivity index (χ4n) is 0.194. The van der Waals surface area contributed by atoms with Gasteiger partial charge in [-0.1, -0.05) is 6.92 Å². The Hall–Kier alpha value is 0.110. The Morgan fingerprint density at radius 2 is 2.00 bits per heavy atom. The van der Waals surface area contributed by atoms with Gasteiger partial charge in [0, 0.05) is 0 Å². The lowest BCUT2D eigenvalue weighted by Gasteiger charge is -2.07. The van der Waals surface area contributed by atoms with Crippen LogP contribution in [-0.4, -0.2) is 20.7 Å². The van der Waals surface area contributed by atoms with Crippen molar-refractivity contribution in [2.45, 2.75) is 12.8 Å². The zero-order chi connectivity index (χ0) is 6.78. The van der Waals surface area contributed by atoms with Crippen LogP contribution in [0.4, 0.5) is 0 Å². The molecule has 0 heterocycles. The van der Waals surface area contributed by atoms with E-state index in [9.17, 15) is 4.57 Å². The molecule has 0 fully saturated rings. The van der Waals surface area contributed by atoms with Crippen molar-refractivity contribution in [3.8, 4) is 0 Å². The average molecular weight is 139 g/mol. The topological polar surface area (TPSA) is 77.8 Å². The van der Waals surface area contributed by atoms with Gasteiger partial charge in [0.05, 0.1) is 0 Å². The molecule has 49 valence electrons. The molecule has 0 aromatic carbocycles. The molecule has 1 atom stereocenters. The van der Waals surface area contributed by atoms with Crippen molar-refractivity contribution in [3.63, 3.8) is 0 Å². The summed E-state index contributed by atoms with van der Waals surface area (Å²) in [6, 6.07) is 0. The molecule has 0 aliphatic rings. The van der Waals surface area contributed by atoms with Gasteiger partial charge in [0.2, 0.25) is 0 Å². The van der Waals surface area contributed by atoms with Crippen LogP contribution in [0, 0.1) is 6.42 Å². The number of aliphatic hydroxyl groups excluding tert-OH is 1. The Bertz CT molecular complexity index is 106. The molecule has 0 rings (SSSR count). The lowest BCUT2D eigenvalue weighted by atomic mass is 10.5. The minimum absolute atomic E-state index is 1.04. The SMILES string of the molecule is C[CH]C(O)P(=O)(O)O. The zero-order valence-electron chi connectivity index (χ0n) is 4.35. The van der Waals surface area contributed by atoms with Crippen LogP contribution < -0.4 is 0 Å². The molecule has 1 radical (unpaired) electrons. The largest absolute Gasteiger partial charge is 0.380 e. The molecule has 0 spiro atoms. The van der Waals surface area contributed by atoms with Crippen molar-refractivity contribution in [2.24, 2.45) is 0 Å². The summed E-state index contributed by atoms with van der Waals surface area (Å²) in [5.74, 6) is -1.61. The number of hydrogen-bond donors (Lipinski definition) is 3. The summed E-state index contributed by atoms with van der Waals surface area (Å²) in [7, 11) is -4.26. The third kappa shape index (κ3) is 2.43. The summed E-state index contributed by atoms with van der Waals surface area (Å²) in [6.07, 6.45) is 1.04. The van der Waals surface area contributed by atoms with Crippen molar-refractivity contribution >= 4 is 7.60 Å². The molecule has 0 aromatic heterocycles. The average Bonchev–Trinajstić information content (AvgIpc) is 1.62. The van der Waals surface area contributed by atoms with Gasteiger partial charge in [-0.2, -0.15) is 0 Å². The Morgan fingerprint density at radius 3 is 2.00 bits per heavy atom. The first-order valence-electron chi connectivity index (χ1n) is 2.01. The van der Waals surface area contributed by atoms with E-state index in [0.717, 1.165) is 6.42 Å². The van der Waals surface area contributed by atoms with E-state index < -0.39 is 13.4 Å². The Labute approximate surface area is 47.3 Å². The molecule has 1 unspecified atom stereocenters. The van der Waals surface area contributed by atoms with Crippen LogP contribution in [0.25, 0.3) is 0 Å². The first kappa shape index (κ1) is 8.11. The molecule has 0 aliphatic heterocycles. The zero-order valence-corrected chi connectivity index (χ0v) is 5.25. The van der Waals surface area contributed by atoms with E-state index in [1.54, 1.807) is 0 Å². The van der Waals surface area contributed by atoms with Gasteiger partial charge in [-0.05, 0) is 6.42 Å². The maximum Gasteiger partial charge on any atom is 0.354 e. The molecular formula is C3H8O4P. The van der Waals surface area contributed by atoms with Gasteiger partial charge >= 0.3 is 7.60 Å². The first-order valence-corrected chi connectivity index (χ1v) is 3.69. The maximum atomic E-state index is 9.98. The summed E-state index contributed by atoms with van der Waals surface area (Å²) in [6.45, 7) is 1.38. The summed E-state index contributed by atoms with van der Waals surface area (Å²) in [5.41, 5.74) is 0. The van der Waals surface area contributed by atoms with Gasteiger partial charge in [-0.15, -0.1) is 0 Å². The molecular weight excluding hydrogens is 131 g/mol. The van der Waals surface area contributed by atoms with Gasteiger partial charge < -0.3 is 14.9 Å². The lowest BCUT2D eigenvalue weighted by Crippen LogP contribution is -2.04. The van der Waals surface area contributed by atoms with Crippen LogP contribution in [-0.2, 0) is 4.57 Å². The molecule has 0 saturated carbocycles. The lowest BCUT2D eigenvalue weighted by molar-refractivity contribution is 0.227. The summed E-state index contributed by atoms with van der Waals surface area (Å²) in [4.78, 5) is 16.2. The standard InChI is InChI=1S/C3H8O4P/c1-2-3(4)8(5,6)7/h2-4H,1H3,(H2,5,6,7). The van der Waals surface area contributed by atoms with E-state index in [1.807, 2.05) is 0 Å². The molecule has 5 heteroatoms. The third-order valence-corrected chi connectivity index (χ3v) is 1.63. The number of aliphatic hydroxyl groups is 1. The highest BCUT2D eigenvalue weighted by atomic mass is 31.2. The summed E-state index contributed by atoms with van der Waals surface area (Å²) in [5, 5.41) is 8.38. The van der Waals surface area contributed by atoms with Crippen LogP contribution >= 0.6 is 7.60 Å². The highest BCUT2D eigenvalue weighted by molar-refractivity contribution is 7.52. The van der Waals surface area contributed by atoms with Gasteiger partial charge in [-0.3, -0.25) is 4.57 Å². The van der Waals surface area contributed by atoms with Crippen LogP contribution in [0.3, 0.4) is 0 Å². The first-order chi connectivity index (χ1) is 3.48. The van der Waals surface area contributed by atoms with Crippen molar-refractivity contribution in [3.05, 3.63) is 6.42 Å². The second-order valence-corrected chi connectivity index (χ2v) is 3.04. The van der Waals surface area contributed by atoms with Crippen molar-refractivity contribution in [1.29, 1.82) is 0 Å². The molecule has 0 saturated heterocycles. The second-order valence-electron chi connectivity index (χ2n) is 1.34. The summed E-state index contributed by atoms with van der Waals surface area (Å²) < 4.78 is 9.98. The fraction of sp³-hybridized carbons (Fsp3) is 0.667. The predicted molar refractivity (Wildman–Crippen MR) is 28.0 cm³/mol. The van der Waals surface area contributed by atoms with Crippen LogP contribution in [0.15, 0.2) is 0 Å². The van der Waals surface area contributed by atoms with Gasteiger partial charge in [0.1, 0.15) is 0 Å². The Balaban J connectivity index is 3.82. The van der Waals surface area contributed by atoms with E-state index >= 15 is 0 Å². The number of hydrogen-bond acceptors (Lipinski definition) is 2. The van der Waals surface area contributed by atoms with E-state index in [2.05, 4.69) is 0 Å². The highest BCUT2D eigenvalue weighted by Gasteiger charge is 2.23. The van der Waals surface area contributed by atoms with E-state index in [0.29, 0.717) is 0 Å². The Morgan fingerprint density at radius 1 is 1.62 bits per heavy atom. The molecule has 4 nitrogen and oxygen atoms in total. The highest BCUT2D eigenvalue weighted by Crippen LogP contribution is 2.40. The number of rotatable bonds is 2. The quantitative estimate of drug-likeness (QED) is 0.459.